The fourth-order valence-corrected chi connectivity index (χ4v) is 1.53. The van der Waals surface area contributed by atoms with E-state index in [1.54, 1.807) is 0 Å². The minimum atomic E-state index is -0.730. The average molecular weight is 267 g/mol. The van der Waals surface area contributed by atoms with Gasteiger partial charge in [0.2, 0.25) is 0 Å². The van der Waals surface area contributed by atoms with Crippen LogP contribution in [0.2, 0.25) is 0 Å². The number of aromatic nitrogens is 2. The molecule has 0 spiro atoms. The van der Waals surface area contributed by atoms with Crippen molar-refractivity contribution >= 4 is 11.9 Å². The molecule has 1 aromatic rings. The number of rotatable bonds is 5. The Morgan fingerprint density at radius 3 is 2.58 bits per heavy atom. The van der Waals surface area contributed by atoms with Crippen molar-refractivity contribution in [3.63, 3.8) is 0 Å². The summed E-state index contributed by atoms with van der Waals surface area (Å²) in [5, 5.41) is 8.29. The van der Waals surface area contributed by atoms with Crippen LogP contribution < -0.4 is 10.9 Å². The van der Waals surface area contributed by atoms with E-state index in [1.807, 2.05) is 13.8 Å². The van der Waals surface area contributed by atoms with Crippen LogP contribution in [0.15, 0.2) is 16.9 Å². The summed E-state index contributed by atoms with van der Waals surface area (Å²) in [5.41, 5.74) is -0.361. The average Bonchev–Trinajstić information content (AvgIpc) is 2.37. The monoisotopic (exact) mass is 267 g/mol. The first kappa shape index (κ1) is 14.9. The van der Waals surface area contributed by atoms with Gasteiger partial charge in [-0.25, -0.2) is 9.89 Å². The van der Waals surface area contributed by atoms with E-state index in [2.05, 4.69) is 20.3 Å². The van der Waals surface area contributed by atoms with Gasteiger partial charge in [-0.3, -0.25) is 9.59 Å². The number of hydrogen-bond acceptors (Lipinski definition) is 5. The van der Waals surface area contributed by atoms with E-state index >= 15 is 0 Å². The van der Waals surface area contributed by atoms with E-state index in [0.717, 1.165) is 0 Å². The number of esters is 1. The molecule has 0 saturated heterocycles. The lowest BCUT2D eigenvalue weighted by molar-refractivity contribution is -0.143. The topological polar surface area (TPSA) is 101 Å². The number of carbonyl (C=O) groups excluding carboxylic acids is 2. The second-order valence-electron chi connectivity index (χ2n) is 4.49. The van der Waals surface area contributed by atoms with E-state index < -0.39 is 23.5 Å². The van der Waals surface area contributed by atoms with Crippen LogP contribution in [0.3, 0.4) is 0 Å². The summed E-state index contributed by atoms with van der Waals surface area (Å²) in [6.07, 6.45) is 0.460. The summed E-state index contributed by atoms with van der Waals surface area (Å²) < 4.78 is 4.64. The zero-order chi connectivity index (χ0) is 14.4. The Morgan fingerprint density at radius 1 is 1.42 bits per heavy atom. The first-order valence-electron chi connectivity index (χ1n) is 5.88. The molecule has 7 heteroatoms. The van der Waals surface area contributed by atoms with Gasteiger partial charge in [-0.15, -0.1) is 0 Å². The van der Waals surface area contributed by atoms with E-state index in [4.69, 9.17) is 0 Å². The summed E-state index contributed by atoms with van der Waals surface area (Å²) >= 11 is 0. The van der Waals surface area contributed by atoms with Gasteiger partial charge in [-0.05, 0) is 18.4 Å². The molecule has 0 aliphatic carbocycles. The van der Waals surface area contributed by atoms with Crippen LogP contribution in [-0.4, -0.2) is 35.2 Å². The summed E-state index contributed by atoms with van der Waals surface area (Å²) in [5.74, 6) is -0.827. The van der Waals surface area contributed by atoms with Crippen molar-refractivity contribution in [1.82, 2.24) is 15.5 Å². The minimum Gasteiger partial charge on any atom is -0.467 e. The van der Waals surface area contributed by atoms with Crippen LogP contribution in [0.5, 0.6) is 0 Å². The predicted molar refractivity (Wildman–Crippen MR) is 67.6 cm³/mol. The van der Waals surface area contributed by atoms with E-state index in [1.165, 1.54) is 19.2 Å². The predicted octanol–water partition coefficient (Wildman–Crippen LogP) is 0.0874. The molecule has 0 fully saturated rings. The van der Waals surface area contributed by atoms with Gasteiger partial charge in [0.15, 0.2) is 0 Å². The Labute approximate surface area is 110 Å². The largest absolute Gasteiger partial charge is 0.467 e. The highest BCUT2D eigenvalue weighted by Crippen LogP contribution is 2.07. The summed E-state index contributed by atoms with van der Waals surface area (Å²) in [6.45, 7) is 3.86. The van der Waals surface area contributed by atoms with Gasteiger partial charge < -0.3 is 10.1 Å². The standard InChI is InChI=1S/C12H17N3O4/c1-7(2)6-9(12(18)19-3)13-11(17)8-4-5-10(16)15-14-8/h4-5,7,9H,6H2,1-3H3,(H,13,17)(H,15,16)/t9-/m0/s1. The highest BCUT2D eigenvalue weighted by atomic mass is 16.5. The van der Waals surface area contributed by atoms with E-state index in [9.17, 15) is 14.4 Å². The maximum absolute atomic E-state index is 11.9. The van der Waals surface area contributed by atoms with Crippen LogP contribution in [0.1, 0.15) is 30.8 Å². The number of methoxy groups -OCH3 is 1. The first-order valence-corrected chi connectivity index (χ1v) is 5.88. The zero-order valence-electron chi connectivity index (χ0n) is 11.1. The molecule has 2 N–H and O–H groups in total. The molecule has 0 radical (unpaired) electrons. The second kappa shape index (κ2) is 6.67. The molecule has 0 aromatic carbocycles. The summed E-state index contributed by atoms with van der Waals surface area (Å²) in [6, 6.07) is 1.75. The molecular weight excluding hydrogens is 250 g/mol. The molecular formula is C12H17N3O4. The number of nitrogens with one attached hydrogen (secondary N) is 2. The Balaban J connectivity index is 2.78. The molecule has 0 saturated carbocycles. The maximum atomic E-state index is 11.9. The third kappa shape index (κ3) is 4.53. The molecule has 7 nitrogen and oxygen atoms in total. The molecule has 1 atom stereocenters. The molecule has 0 aliphatic heterocycles. The van der Waals surface area contributed by atoms with Crippen LogP contribution in [0.4, 0.5) is 0 Å². The van der Waals surface area contributed by atoms with Crippen LogP contribution >= 0.6 is 0 Å². The summed E-state index contributed by atoms with van der Waals surface area (Å²) in [4.78, 5) is 34.3. The van der Waals surface area contributed by atoms with Gasteiger partial charge in [0, 0.05) is 6.07 Å². The molecule has 1 rings (SSSR count). The number of H-pyrrole nitrogens is 1. The Morgan fingerprint density at radius 2 is 2.11 bits per heavy atom. The number of aromatic amines is 1. The fraction of sp³-hybridized carbons (Fsp3) is 0.500. The van der Waals surface area contributed by atoms with Gasteiger partial charge in [0.25, 0.3) is 11.5 Å². The number of amides is 1. The van der Waals surface area contributed by atoms with Crippen LogP contribution in [0, 0.1) is 5.92 Å². The smallest absolute Gasteiger partial charge is 0.328 e. The zero-order valence-corrected chi connectivity index (χ0v) is 11.1. The van der Waals surface area contributed by atoms with Gasteiger partial charge >= 0.3 is 5.97 Å². The highest BCUT2D eigenvalue weighted by Gasteiger charge is 2.23. The van der Waals surface area contributed by atoms with Crippen molar-refractivity contribution in [1.29, 1.82) is 0 Å². The molecule has 1 amide bonds. The number of nitrogens with zero attached hydrogens (tertiary/aromatic N) is 1. The lowest BCUT2D eigenvalue weighted by atomic mass is 10.0. The fourth-order valence-electron chi connectivity index (χ4n) is 1.53. The third-order valence-corrected chi connectivity index (χ3v) is 2.41. The Hall–Kier alpha value is -2.18. The lowest BCUT2D eigenvalue weighted by Crippen LogP contribution is -2.42. The minimum absolute atomic E-state index is 0.0391. The SMILES string of the molecule is COC(=O)[C@H](CC(C)C)NC(=O)c1ccc(=O)[nH]n1. The Bertz CT molecular complexity index is 489. The second-order valence-corrected chi connectivity index (χ2v) is 4.49. The van der Waals surface area contributed by atoms with Crippen molar-refractivity contribution < 1.29 is 14.3 Å². The molecule has 19 heavy (non-hydrogen) atoms. The van der Waals surface area contributed by atoms with E-state index in [0.29, 0.717) is 6.42 Å². The van der Waals surface area contributed by atoms with Crippen molar-refractivity contribution in [2.75, 3.05) is 7.11 Å². The van der Waals surface area contributed by atoms with Crippen molar-refractivity contribution in [3.05, 3.63) is 28.2 Å². The van der Waals surface area contributed by atoms with Crippen molar-refractivity contribution in [2.24, 2.45) is 5.92 Å². The molecule has 0 aliphatic rings. The highest BCUT2D eigenvalue weighted by molar-refractivity contribution is 5.94. The maximum Gasteiger partial charge on any atom is 0.328 e. The van der Waals surface area contributed by atoms with Gasteiger partial charge in [0.05, 0.1) is 7.11 Å². The number of carbonyl (C=O) groups is 2. The lowest BCUT2D eigenvalue weighted by Gasteiger charge is -2.17. The van der Waals surface area contributed by atoms with Crippen molar-refractivity contribution in [3.8, 4) is 0 Å². The van der Waals surface area contributed by atoms with Gasteiger partial charge in [0.1, 0.15) is 11.7 Å². The van der Waals surface area contributed by atoms with E-state index in [-0.39, 0.29) is 11.6 Å². The number of hydrogen-bond donors (Lipinski definition) is 2. The molecule has 0 unspecified atom stereocenters. The normalized spacial score (nSPS) is 12.0. The van der Waals surface area contributed by atoms with Crippen molar-refractivity contribution in [2.45, 2.75) is 26.3 Å². The molecule has 104 valence electrons. The first-order chi connectivity index (χ1) is 8.93. The van der Waals surface area contributed by atoms with Gasteiger partial charge in [-0.2, -0.15) is 5.10 Å². The molecule has 0 bridgehead atoms. The quantitative estimate of drug-likeness (QED) is 0.736. The van der Waals surface area contributed by atoms with Gasteiger partial charge in [-0.1, -0.05) is 13.8 Å². The van der Waals surface area contributed by atoms with Crippen LogP contribution in [0.25, 0.3) is 0 Å². The molecule has 1 aromatic heterocycles. The number of ether oxygens (including phenoxy) is 1. The van der Waals surface area contributed by atoms with Crippen LogP contribution in [-0.2, 0) is 9.53 Å². The summed E-state index contributed by atoms with van der Waals surface area (Å²) in [7, 11) is 1.26. The third-order valence-electron chi connectivity index (χ3n) is 2.41. The molecule has 1 heterocycles. The Kier molecular flexibility index (Phi) is 5.23.